The van der Waals surface area contributed by atoms with Gasteiger partial charge in [0.05, 0.1) is 10.4 Å². The quantitative estimate of drug-likeness (QED) is 0.625. The molecule has 20 heavy (non-hydrogen) atoms. The SMILES string of the molecule is CCCCCCC1(CCn2ccnc2)SCC(C)CS1. The molecule has 2 heterocycles. The molecule has 0 aromatic carbocycles. The Labute approximate surface area is 132 Å². The maximum Gasteiger partial charge on any atom is 0.0945 e. The van der Waals surface area contributed by atoms with Crippen LogP contribution in [0.25, 0.3) is 0 Å². The van der Waals surface area contributed by atoms with Crippen molar-refractivity contribution in [2.75, 3.05) is 11.5 Å². The van der Waals surface area contributed by atoms with E-state index in [0.717, 1.165) is 12.5 Å². The van der Waals surface area contributed by atoms with E-state index < -0.39 is 0 Å². The Kier molecular flexibility index (Phi) is 6.82. The van der Waals surface area contributed by atoms with Crippen molar-refractivity contribution < 1.29 is 0 Å². The van der Waals surface area contributed by atoms with E-state index in [4.69, 9.17) is 0 Å². The van der Waals surface area contributed by atoms with Crippen LogP contribution in [0, 0.1) is 5.92 Å². The van der Waals surface area contributed by atoms with Crippen molar-refractivity contribution in [3.05, 3.63) is 18.7 Å². The second-order valence-electron chi connectivity index (χ2n) is 6.00. The number of aromatic nitrogens is 2. The lowest BCUT2D eigenvalue weighted by molar-refractivity contribution is 0.531. The van der Waals surface area contributed by atoms with Gasteiger partial charge in [-0.2, -0.15) is 0 Å². The fraction of sp³-hybridized carbons (Fsp3) is 0.812. The molecule has 1 aromatic rings. The normalized spacial score (nSPS) is 26.8. The first-order valence-corrected chi connectivity index (χ1v) is 9.95. The van der Waals surface area contributed by atoms with Crippen LogP contribution in [0.4, 0.5) is 0 Å². The van der Waals surface area contributed by atoms with Crippen LogP contribution in [0.15, 0.2) is 18.7 Å². The van der Waals surface area contributed by atoms with Gasteiger partial charge in [-0.3, -0.25) is 0 Å². The number of unbranched alkanes of at least 4 members (excludes halogenated alkanes) is 3. The van der Waals surface area contributed by atoms with Gasteiger partial charge in [-0.25, -0.2) is 4.98 Å². The fourth-order valence-corrected chi connectivity index (χ4v) is 5.98. The molecule has 0 atom stereocenters. The van der Waals surface area contributed by atoms with Gasteiger partial charge in [0.25, 0.3) is 0 Å². The molecule has 1 fully saturated rings. The molecule has 1 aliphatic rings. The molecular formula is C16H28N2S2. The smallest absolute Gasteiger partial charge is 0.0945 e. The Bertz CT molecular complexity index is 357. The first-order chi connectivity index (χ1) is 9.74. The third kappa shape index (κ3) is 5.03. The zero-order valence-electron chi connectivity index (χ0n) is 12.9. The standard InChI is InChI=1S/C16H28N2S2/c1-3-4-5-6-7-16(19-12-15(2)13-20-16)8-10-18-11-9-17-14-18/h9,11,14-15H,3-8,10,12-13H2,1-2H3. The minimum atomic E-state index is 0.463. The molecule has 1 saturated heterocycles. The fourth-order valence-electron chi connectivity index (χ4n) is 2.63. The zero-order valence-corrected chi connectivity index (χ0v) is 14.5. The molecule has 0 unspecified atom stereocenters. The Balaban J connectivity index is 1.85. The number of imidazole rings is 1. The van der Waals surface area contributed by atoms with Crippen molar-refractivity contribution in [3.8, 4) is 0 Å². The lowest BCUT2D eigenvalue weighted by Crippen LogP contribution is -2.30. The minimum Gasteiger partial charge on any atom is -0.337 e. The molecule has 2 nitrogen and oxygen atoms in total. The molecule has 0 radical (unpaired) electrons. The maximum atomic E-state index is 4.16. The highest BCUT2D eigenvalue weighted by atomic mass is 32.2. The molecule has 1 aromatic heterocycles. The first-order valence-electron chi connectivity index (χ1n) is 7.98. The van der Waals surface area contributed by atoms with E-state index in [1.54, 1.807) is 0 Å². The lowest BCUT2D eigenvalue weighted by Gasteiger charge is -2.38. The summed E-state index contributed by atoms with van der Waals surface area (Å²) in [7, 11) is 0. The summed E-state index contributed by atoms with van der Waals surface area (Å²) in [6.07, 6.45) is 14.1. The molecule has 0 spiro atoms. The van der Waals surface area contributed by atoms with Crippen LogP contribution in [-0.2, 0) is 6.54 Å². The number of hydrogen-bond acceptors (Lipinski definition) is 3. The van der Waals surface area contributed by atoms with E-state index >= 15 is 0 Å². The number of nitrogens with zero attached hydrogens (tertiary/aromatic N) is 2. The average Bonchev–Trinajstić information content (AvgIpc) is 2.98. The van der Waals surface area contributed by atoms with Crippen molar-refractivity contribution in [2.24, 2.45) is 5.92 Å². The van der Waals surface area contributed by atoms with Gasteiger partial charge in [-0.1, -0.05) is 39.5 Å². The highest BCUT2D eigenvalue weighted by Gasteiger charge is 2.34. The Morgan fingerprint density at radius 1 is 1.20 bits per heavy atom. The molecule has 2 rings (SSSR count). The van der Waals surface area contributed by atoms with Crippen LogP contribution in [0.1, 0.15) is 52.4 Å². The van der Waals surface area contributed by atoms with E-state index in [0.29, 0.717) is 4.08 Å². The van der Waals surface area contributed by atoms with E-state index in [-0.39, 0.29) is 0 Å². The van der Waals surface area contributed by atoms with Crippen molar-refractivity contribution in [2.45, 2.75) is 63.0 Å². The van der Waals surface area contributed by atoms with Crippen molar-refractivity contribution >= 4 is 23.5 Å². The van der Waals surface area contributed by atoms with Gasteiger partial charge in [-0.05, 0) is 30.3 Å². The van der Waals surface area contributed by atoms with Crippen LogP contribution in [0.2, 0.25) is 0 Å². The Hall–Kier alpha value is -0.0900. The van der Waals surface area contributed by atoms with Crippen LogP contribution < -0.4 is 0 Å². The molecular weight excluding hydrogens is 284 g/mol. The Morgan fingerprint density at radius 3 is 2.65 bits per heavy atom. The van der Waals surface area contributed by atoms with Gasteiger partial charge in [0.1, 0.15) is 0 Å². The summed E-state index contributed by atoms with van der Waals surface area (Å²) in [5, 5.41) is 0. The topological polar surface area (TPSA) is 17.8 Å². The largest absolute Gasteiger partial charge is 0.337 e. The third-order valence-electron chi connectivity index (χ3n) is 3.98. The highest BCUT2D eigenvalue weighted by Crippen LogP contribution is 2.49. The second-order valence-corrected chi connectivity index (χ2v) is 9.06. The summed E-state index contributed by atoms with van der Waals surface area (Å²) >= 11 is 4.46. The predicted molar refractivity (Wildman–Crippen MR) is 92.4 cm³/mol. The third-order valence-corrected chi connectivity index (χ3v) is 8.03. The molecule has 1 aliphatic heterocycles. The highest BCUT2D eigenvalue weighted by molar-refractivity contribution is 8.18. The molecule has 0 N–H and O–H groups in total. The van der Waals surface area contributed by atoms with Crippen molar-refractivity contribution in [3.63, 3.8) is 0 Å². The summed E-state index contributed by atoms with van der Waals surface area (Å²) in [4.78, 5) is 4.16. The zero-order chi connectivity index (χ0) is 14.3. The summed E-state index contributed by atoms with van der Waals surface area (Å²) in [5.41, 5.74) is 0. The first kappa shape index (κ1) is 16.3. The number of hydrogen-bond donors (Lipinski definition) is 0. The molecule has 114 valence electrons. The number of aryl methyl sites for hydroxylation is 1. The molecule has 0 saturated carbocycles. The maximum absolute atomic E-state index is 4.16. The lowest BCUT2D eigenvalue weighted by atomic mass is 10.1. The van der Waals surface area contributed by atoms with E-state index in [1.807, 2.05) is 12.5 Å². The summed E-state index contributed by atoms with van der Waals surface area (Å²) in [5.74, 6) is 3.55. The molecule has 0 amide bonds. The summed E-state index contributed by atoms with van der Waals surface area (Å²) in [6, 6.07) is 0. The Morgan fingerprint density at radius 2 is 2.00 bits per heavy atom. The molecule has 0 bridgehead atoms. The van der Waals surface area contributed by atoms with E-state index in [1.165, 1.54) is 50.0 Å². The van der Waals surface area contributed by atoms with Crippen LogP contribution in [-0.4, -0.2) is 25.1 Å². The second kappa shape index (κ2) is 8.38. The monoisotopic (exact) mass is 312 g/mol. The predicted octanol–water partition coefficient (Wildman–Crippen LogP) is 5.06. The van der Waals surface area contributed by atoms with E-state index in [9.17, 15) is 0 Å². The van der Waals surface area contributed by atoms with Gasteiger partial charge in [0.2, 0.25) is 0 Å². The van der Waals surface area contributed by atoms with Gasteiger partial charge in [0, 0.05) is 18.9 Å². The average molecular weight is 313 g/mol. The molecule has 0 aliphatic carbocycles. The number of rotatable bonds is 8. The van der Waals surface area contributed by atoms with Gasteiger partial charge < -0.3 is 4.57 Å². The summed E-state index contributed by atoms with van der Waals surface area (Å²) < 4.78 is 2.69. The van der Waals surface area contributed by atoms with E-state index in [2.05, 4.69) is 53.1 Å². The summed E-state index contributed by atoms with van der Waals surface area (Å²) in [6.45, 7) is 5.79. The van der Waals surface area contributed by atoms with Gasteiger partial charge in [-0.15, -0.1) is 23.5 Å². The minimum absolute atomic E-state index is 0.463. The van der Waals surface area contributed by atoms with Crippen molar-refractivity contribution in [1.29, 1.82) is 0 Å². The van der Waals surface area contributed by atoms with Crippen molar-refractivity contribution in [1.82, 2.24) is 9.55 Å². The van der Waals surface area contributed by atoms with Crippen LogP contribution in [0.3, 0.4) is 0 Å². The van der Waals surface area contributed by atoms with Gasteiger partial charge >= 0.3 is 0 Å². The molecule has 4 heteroatoms. The van der Waals surface area contributed by atoms with Gasteiger partial charge in [0.15, 0.2) is 0 Å². The van der Waals surface area contributed by atoms with Crippen LogP contribution >= 0.6 is 23.5 Å². The number of thioether (sulfide) groups is 2. The van der Waals surface area contributed by atoms with Crippen LogP contribution in [0.5, 0.6) is 0 Å².